The van der Waals surface area contributed by atoms with Gasteiger partial charge in [0.05, 0.1) is 11.1 Å². The molecule has 126 valence electrons. The van der Waals surface area contributed by atoms with Gasteiger partial charge in [-0.25, -0.2) is 0 Å². The summed E-state index contributed by atoms with van der Waals surface area (Å²) in [5.74, 6) is -0.531. The number of rotatable bonds is 3. The highest BCUT2D eigenvalue weighted by atomic mass is 79.9. The summed E-state index contributed by atoms with van der Waals surface area (Å²) in [5, 5.41) is 10.1. The van der Waals surface area contributed by atoms with Crippen molar-refractivity contribution < 1.29 is 23.0 Å². The molecule has 0 fully saturated rings. The smallest absolute Gasteiger partial charge is 0.506 e. The molecule has 3 N–H and O–H groups in total. The Balaban J connectivity index is 0.00000264. The van der Waals surface area contributed by atoms with Crippen molar-refractivity contribution in [2.24, 2.45) is 5.73 Å². The number of benzene rings is 2. The monoisotopic (exact) mass is 431 g/mol. The van der Waals surface area contributed by atoms with Crippen LogP contribution >= 0.6 is 39.9 Å². The van der Waals surface area contributed by atoms with Crippen LogP contribution in [-0.2, 0) is 0 Å². The molecule has 23 heavy (non-hydrogen) atoms. The number of ether oxygens (including phenoxy) is 1. The number of nitrogens with two attached hydrogens (primary N) is 1. The average Bonchev–Trinajstić information content (AvgIpc) is 2.42. The molecular weight excluding hydrogens is 422 g/mol. The molecule has 1 atom stereocenters. The summed E-state index contributed by atoms with van der Waals surface area (Å²) in [6, 6.07) is 7.43. The van der Waals surface area contributed by atoms with Crippen molar-refractivity contribution in [2.45, 2.75) is 12.4 Å². The molecule has 2 rings (SSSR count). The van der Waals surface area contributed by atoms with Crippen LogP contribution in [0.4, 0.5) is 13.2 Å². The summed E-state index contributed by atoms with van der Waals surface area (Å²) in [6.45, 7) is 0. The van der Waals surface area contributed by atoms with E-state index >= 15 is 0 Å². The van der Waals surface area contributed by atoms with Crippen molar-refractivity contribution in [3.05, 3.63) is 57.0 Å². The highest BCUT2D eigenvalue weighted by Crippen LogP contribution is 2.39. The lowest BCUT2D eigenvalue weighted by Gasteiger charge is -2.17. The molecule has 0 aliphatic rings. The first kappa shape index (κ1) is 19.9. The molecule has 0 heterocycles. The molecule has 0 aliphatic heterocycles. The van der Waals surface area contributed by atoms with E-state index in [4.69, 9.17) is 17.3 Å². The third-order valence-corrected chi connectivity index (χ3v) is 3.89. The Bertz CT molecular complexity index is 681. The molecule has 0 amide bonds. The van der Waals surface area contributed by atoms with E-state index in [9.17, 15) is 18.3 Å². The fourth-order valence-corrected chi connectivity index (χ4v) is 2.63. The van der Waals surface area contributed by atoms with Gasteiger partial charge in [0.25, 0.3) is 0 Å². The first-order valence-electron chi connectivity index (χ1n) is 5.97. The second-order valence-electron chi connectivity index (χ2n) is 4.39. The van der Waals surface area contributed by atoms with E-state index in [2.05, 4.69) is 20.7 Å². The van der Waals surface area contributed by atoms with Crippen molar-refractivity contribution >= 4 is 39.9 Å². The SMILES string of the molecule is Cl.N[C@@H](c1ccc(OC(F)(F)F)cc1)c1c(Br)ccc(Cl)c1O. The van der Waals surface area contributed by atoms with Crippen LogP contribution in [0.15, 0.2) is 40.9 Å². The Hall–Kier alpha value is -1.15. The molecule has 0 saturated carbocycles. The summed E-state index contributed by atoms with van der Waals surface area (Å²) in [4.78, 5) is 0. The van der Waals surface area contributed by atoms with Gasteiger partial charge >= 0.3 is 6.36 Å². The van der Waals surface area contributed by atoms with Crippen molar-refractivity contribution in [3.63, 3.8) is 0 Å². The van der Waals surface area contributed by atoms with Gasteiger partial charge in [-0.2, -0.15) is 0 Å². The summed E-state index contributed by atoms with van der Waals surface area (Å²) >= 11 is 9.11. The molecular formula is C14H11BrCl2F3NO2. The van der Waals surface area contributed by atoms with Gasteiger partial charge in [-0.05, 0) is 29.8 Å². The van der Waals surface area contributed by atoms with Gasteiger partial charge in [-0.3, -0.25) is 0 Å². The van der Waals surface area contributed by atoms with E-state index < -0.39 is 12.4 Å². The van der Waals surface area contributed by atoms with E-state index in [1.54, 1.807) is 6.07 Å². The Morgan fingerprint density at radius 1 is 1.13 bits per heavy atom. The molecule has 0 unspecified atom stereocenters. The van der Waals surface area contributed by atoms with Crippen LogP contribution in [0.25, 0.3) is 0 Å². The number of phenolic OH excluding ortho intramolecular Hbond substituents is 1. The third-order valence-electron chi connectivity index (χ3n) is 2.90. The van der Waals surface area contributed by atoms with Gasteiger partial charge < -0.3 is 15.6 Å². The zero-order chi connectivity index (χ0) is 16.5. The van der Waals surface area contributed by atoms with E-state index in [-0.39, 0.29) is 28.9 Å². The van der Waals surface area contributed by atoms with Gasteiger partial charge in [0.1, 0.15) is 11.5 Å². The minimum absolute atomic E-state index is 0. The summed E-state index contributed by atoms with van der Waals surface area (Å²) in [6.07, 6.45) is -4.75. The van der Waals surface area contributed by atoms with Crippen LogP contribution in [0.3, 0.4) is 0 Å². The molecule has 2 aromatic rings. The molecule has 9 heteroatoms. The van der Waals surface area contributed by atoms with Crippen LogP contribution < -0.4 is 10.5 Å². The van der Waals surface area contributed by atoms with Gasteiger partial charge in [-0.1, -0.05) is 39.7 Å². The van der Waals surface area contributed by atoms with Crippen LogP contribution in [0.2, 0.25) is 5.02 Å². The van der Waals surface area contributed by atoms with Crippen LogP contribution in [0.1, 0.15) is 17.2 Å². The molecule has 2 aromatic carbocycles. The van der Waals surface area contributed by atoms with Crippen molar-refractivity contribution in [1.82, 2.24) is 0 Å². The summed E-state index contributed by atoms with van der Waals surface area (Å²) in [7, 11) is 0. The van der Waals surface area contributed by atoms with E-state index in [1.807, 2.05) is 0 Å². The molecule has 0 aromatic heterocycles. The first-order chi connectivity index (χ1) is 10.2. The normalized spacial score (nSPS) is 12.4. The number of halogens is 6. The minimum Gasteiger partial charge on any atom is -0.506 e. The zero-order valence-electron chi connectivity index (χ0n) is 11.3. The number of alkyl halides is 3. The molecule has 3 nitrogen and oxygen atoms in total. The minimum atomic E-state index is -4.75. The maximum Gasteiger partial charge on any atom is 0.573 e. The van der Waals surface area contributed by atoms with Gasteiger partial charge in [-0.15, -0.1) is 25.6 Å². The standard InChI is InChI=1S/C14H10BrClF3NO2.ClH/c15-9-5-6-10(16)13(21)11(9)12(20)7-1-3-8(4-2-7)22-14(17,18)19;/h1-6,12,21H,20H2;1H/t12-;/m0./s1. The second-order valence-corrected chi connectivity index (χ2v) is 5.65. The Kier molecular flexibility index (Phi) is 6.59. The Labute approximate surface area is 149 Å². The molecule has 0 bridgehead atoms. The number of hydrogen-bond donors (Lipinski definition) is 2. The highest BCUT2D eigenvalue weighted by Gasteiger charge is 2.31. The van der Waals surface area contributed by atoms with Crippen LogP contribution in [0.5, 0.6) is 11.5 Å². The third kappa shape index (κ3) is 4.91. The fourth-order valence-electron chi connectivity index (χ4n) is 1.90. The lowest BCUT2D eigenvalue weighted by Crippen LogP contribution is -2.17. The quantitative estimate of drug-likeness (QED) is 0.702. The van der Waals surface area contributed by atoms with E-state index in [0.29, 0.717) is 15.6 Å². The molecule has 0 spiro atoms. The average molecular weight is 433 g/mol. The maximum absolute atomic E-state index is 12.1. The largest absolute Gasteiger partial charge is 0.573 e. The molecule has 0 saturated heterocycles. The predicted molar refractivity (Wildman–Crippen MR) is 87.2 cm³/mol. The Morgan fingerprint density at radius 3 is 2.22 bits per heavy atom. The first-order valence-corrected chi connectivity index (χ1v) is 7.14. The molecule has 0 radical (unpaired) electrons. The van der Waals surface area contributed by atoms with E-state index in [0.717, 1.165) is 12.1 Å². The number of aromatic hydroxyl groups is 1. The lowest BCUT2D eigenvalue weighted by molar-refractivity contribution is -0.274. The topological polar surface area (TPSA) is 55.5 Å². The summed E-state index contributed by atoms with van der Waals surface area (Å²) < 4.78 is 40.7. The van der Waals surface area contributed by atoms with Crippen molar-refractivity contribution in [1.29, 1.82) is 0 Å². The fraction of sp³-hybridized carbons (Fsp3) is 0.143. The van der Waals surface area contributed by atoms with Gasteiger partial charge in [0.2, 0.25) is 0 Å². The van der Waals surface area contributed by atoms with Crippen LogP contribution in [0, 0.1) is 0 Å². The maximum atomic E-state index is 12.1. The van der Waals surface area contributed by atoms with Gasteiger partial charge in [0, 0.05) is 10.0 Å². The number of phenols is 1. The van der Waals surface area contributed by atoms with Crippen molar-refractivity contribution in [2.75, 3.05) is 0 Å². The van der Waals surface area contributed by atoms with E-state index in [1.165, 1.54) is 18.2 Å². The summed E-state index contributed by atoms with van der Waals surface area (Å²) in [5.41, 5.74) is 6.89. The Morgan fingerprint density at radius 2 is 1.70 bits per heavy atom. The number of hydrogen-bond acceptors (Lipinski definition) is 3. The predicted octanol–water partition coefficient (Wildman–Crippen LogP) is 5.18. The van der Waals surface area contributed by atoms with Gasteiger partial charge in [0.15, 0.2) is 0 Å². The zero-order valence-corrected chi connectivity index (χ0v) is 14.4. The lowest BCUT2D eigenvalue weighted by atomic mass is 9.98. The van der Waals surface area contributed by atoms with Crippen molar-refractivity contribution in [3.8, 4) is 11.5 Å². The second kappa shape index (κ2) is 7.61. The highest BCUT2D eigenvalue weighted by molar-refractivity contribution is 9.10. The molecule has 0 aliphatic carbocycles. The van der Waals surface area contributed by atoms with Crippen LogP contribution in [-0.4, -0.2) is 11.5 Å².